The summed E-state index contributed by atoms with van der Waals surface area (Å²) in [6.07, 6.45) is 7.93. The Balaban J connectivity index is 2.32. The second kappa shape index (κ2) is 6.88. The molecular formula is C15H26N4O. The lowest BCUT2D eigenvalue weighted by atomic mass is 10.0. The normalized spacial score (nSPS) is 22.1. The highest BCUT2D eigenvalue weighted by molar-refractivity contribution is 5.38. The summed E-state index contributed by atoms with van der Waals surface area (Å²) >= 11 is 0. The number of hydrogen-bond acceptors (Lipinski definition) is 4. The molecule has 1 aromatic rings. The van der Waals surface area contributed by atoms with Crippen LogP contribution in [0.25, 0.3) is 0 Å². The molecule has 1 aliphatic carbocycles. The van der Waals surface area contributed by atoms with Crippen molar-refractivity contribution in [2.24, 2.45) is 11.7 Å². The van der Waals surface area contributed by atoms with Gasteiger partial charge in [0.05, 0.1) is 0 Å². The van der Waals surface area contributed by atoms with Gasteiger partial charge in [0.2, 0.25) is 0 Å². The highest BCUT2D eigenvalue weighted by Crippen LogP contribution is 2.30. The largest absolute Gasteiger partial charge is 0.349 e. The number of rotatable bonds is 6. The van der Waals surface area contributed by atoms with Crippen LogP contribution in [0, 0.1) is 5.92 Å². The number of hydrogen-bond donors (Lipinski definition) is 1. The van der Waals surface area contributed by atoms with Crippen LogP contribution in [0.4, 0.5) is 5.82 Å². The Hall–Kier alpha value is -1.36. The van der Waals surface area contributed by atoms with Crippen molar-refractivity contribution in [2.75, 3.05) is 18.0 Å². The molecule has 5 nitrogen and oxygen atoms in total. The quantitative estimate of drug-likeness (QED) is 0.858. The van der Waals surface area contributed by atoms with Crippen molar-refractivity contribution in [2.45, 2.75) is 52.1 Å². The molecule has 2 unspecified atom stereocenters. The van der Waals surface area contributed by atoms with E-state index in [1.54, 1.807) is 17.0 Å². The third-order valence-electron chi connectivity index (χ3n) is 4.29. The smallest absolute Gasteiger partial charge is 0.293 e. The third-order valence-corrected chi connectivity index (χ3v) is 4.29. The second-order valence-electron chi connectivity index (χ2n) is 5.53. The van der Waals surface area contributed by atoms with E-state index in [0.29, 0.717) is 24.3 Å². The van der Waals surface area contributed by atoms with Crippen molar-refractivity contribution < 1.29 is 0 Å². The van der Waals surface area contributed by atoms with Crippen LogP contribution in [0.5, 0.6) is 0 Å². The number of nitrogens with zero attached hydrogens (tertiary/aromatic N) is 3. The summed E-state index contributed by atoms with van der Waals surface area (Å²) < 4.78 is 1.76. The van der Waals surface area contributed by atoms with Crippen molar-refractivity contribution in [3.05, 3.63) is 22.7 Å². The molecule has 1 saturated carbocycles. The number of nitrogens with two attached hydrogens (primary N) is 1. The maximum absolute atomic E-state index is 12.5. The molecule has 2 N–H and O–H groups in total. The van der Waals surface area contributed by atoms with Gasteiger partial charge in [-0.3, -0.25) is 4.79 Å². The molecule has 5 heteroatoms. The molecule has 1 heterocycles. The maximum atomic E-state index is 12.5. The van der Waals surface area contributed by atoms with E-state index in [-0.39, 0.29) is 5.56 Å². The lowest BCUT2D eigenvalue weighted by Crippen LogP contribution is -2.44. The lowest BCUT2D eigenvalue weighted by Gasteiger charge is -2.32. The summed E-state index contributed by atoms with van der Waals surface area (Å²) in [5.74, 6) is 1.07. The average Bonchev–Trinajstić information content (AvgIpc) is 2.92. The Labute approximate surface area is 120 Å². The monoisotopic (exact) mass is 278 g/mol. The molecule has 0 aliphatic heterocycles. The standard InChI is InChI=1S/C15H26N4O/c1-3-9-18-10-8-17-14(15(18)20)19(4-2)13-7-5-6-12(13)11-16/h8,10,12-13H,3-7,9,11,16H2,1-2H3. The molecule has 1 fully saturated rings. The van der Waals surface area contributed by atoms with Crippen LogP contribution in [-0.2, 0) is 6.54 Å². The number of aryl methyl sites for hydroxylation is 1. The molecule has 1 aliphatic rings. The molecular weight excluding hydrogens is 252 g/mol. The molecule has 0 amide bonds. The first kappa shape index (κ1) is 15.0. The molecule has 0 saturated heterocycles. The molecule has 112 valence electrons. The molecule has 2 rings (SSSR count). The Morgan fingerprint density at radius 2 is 2.25 bits per heavy atom. The van der Waals surface area contributed by atoms with Gasteiger partial charge < -0.3 is 15.2 Å². The van der Waals surface area contributed by atoms with Gasteiger partial charge in [-0.15, -0.1) is 0 Å². The van der Waals surface area contributed by atoms with Crippen LogP contribution >= 0.6 is 0 Å². The molecule has 0 radical (unpaired) electrons. The first-order valence-corrected chi connectivity index (χ1v) is 7.75. The Morgan fingerprint density at radius 1 is 1.45 bits per heavy atom. The Morgan fingerprint density at radius 3 is 2.90 bits per heavy atom. The third kappa shape index (κ3) is 2.87. The van der Waals surface area contributed by atoms with Crippen molar-refractivity contribution in [1.29, 1.82) is 0 Å². The van der Waals surface area contributed by atoms with Gasteiger partial charge >= 0.3 is 0 Å². The molecule has 0 bridgehead atoms. The number of anilines is 1. The zero-order chi connectivity index (χ0) is 14.5. The van der Waals surface area contributed by atoms with Gasteiger partial charge in [0.1, 0.15) is 0 Å². The van der Waals surface area contributed by atoms with Crippen molar-refractivity contribution in [3.63, 3.8) is 0 Å². The molecule has 2 atom stereocenters. The fourth-order valence-electron chi connectivity index (χ4n) is 3.29. The Bertz CT molecular complexity index is 485. The van der Waals surface area contributed by atoms with Crippen LogP contribution in [0.15, 0.2) is 17.2 Å². The minimum atomic E-state index is 0.0267. The highest BCUT2D eigenvalue weighted by atomic mass is 16.1. The molecule has 0 aromatic carbocycles. The number of aromatic nitrogens is 2. The SMILES string of the molecule is CCCn1ccnc(N(CC)C2CCCC2CN)c1=O. The summed E-state index contributed by atoms with van der Waals surface area (Å²) in [5.41, 5.74) is 5.91. The predicted octanol–water partition coefficient (Wildman–Crippen LogP) is 1.61. The predicted molar refractivity (Wildman–Crippen MR) is 82.0 cm³/mol. The van der Waals surface area contributed by atoms with Crippen molar-refractivity contribution in [1.82, 2.24) is 9.55 Å². The van der Waals surface area contributed by atoms with E-state index in [9.17, 15) is 4.79 Å². The highest BCUT2D eigenvalue weighted by Gasteiger charge is 2.32. The topological polar surface area (TPSA) is 64.2 Å². The van der Waals surface area contributed by atoms with E-state index in [2.05, 4.69) is 23.7 Å². The van der Waals surface area contributed by atoms with Gasteiger partial charge in [-0.1, -0.05) is 13.3 Å². The van der Waals surface area contributed by atoms with E-state index in [1.165, 1.54) is 6.42 Å². The van der Waals surface area contributed by atoms with E-state index >= 15 is 0 Å². The van der Waals surface area contributed by atoms with E-state index < -0.39 is 0 Å². The summed E-state index contributed by atoms with van der Waals surface area (Å²) in [5, 5.41) is 0. The summed E-state index contributed by atoms with van der Waals surface area (Å²) in [6.45, 7) is 6.41. The molecule has 0 spiro atoms. The summed E-state index contributed by atoms with van der Waals surface area (Å²) in [7, 11) is 0. The first-order valence-electron chi connectivity index (χ1n) is 7.75. The van der Waals surface area contributed by atoms with Gasteiger partial charge in [-0.2, -0.15) is 0 Å². The lowest BCUT2D eigenvalue weighted by molar-refractivity contribution is 0.456. The van der Waals surface area contributed by atoms with Crippen molar-refractivity contribution in [3.8, 4) is 0 Å². The van der Waals surface area contributed by atoms with Gasteiger partial charge in [0.25, 0.3) is 5.56 Å². The molecule has 20 heavy (non-hydrogen) atoms. The maximum Gasteiger partial charge on any atom is 0.293 e. The van der Waals surface area contributed by atoms with E-state index in [1.807, 2.05) is 0 Å². The van der Waals surface area contributed by atoms with Crippen LogP contribution in [0.1, 0.15) is 39.5 Å². The average molecular weight is 278 g/mol. The van der Waals surface area contributed by atoms with Crippen LogP contribution in [0.2, 0.25) is 0 Å². The first-order chi connectivity index (χ1) is 9.72. The minimum Gasteiger partial charge on any atom is -0.349 e. The second-order valence-corrected chi connectivity index (χ2v) is 5.53. The van der Waals surface area contributed by atoms with Gasteiger partial charge in [0, 0.05) is 31.5 Å². The zero-order valence-corrected chi connectivity index (χ0v) is 12.6. The van der Waals surface area contributed by atoms with Crippen LogP contribution in [0.3, 0.4) is 0 Å². The van der Waals surface area contributed by atoms with Crippen LogP contribution in [-0.4, -0.2) is 28.7 Å². The van der Waals surface area contributed by atoms with Crippen LogP contribution < -0.4 is 16.2 Å². The van der Waals surface area contributed by atoms with Gasteiger partial charge in [-0.05, 0) is 38.6 Å². The zero-order valence-electron chi connectivity index (χ0n) is 12.6. The van der Waals surface area contributed by atoms with Gasteiger partial charge in [-0.25, -0.2) is 4.98 Å². The van der Waals surface area contributed by atoms with E-state index in [4.69, 9.17) is 5.73 Å². The Kier molecular flexibility index (Phi) is 5.17. The fourth-order valence-corrected chi connectivity index (χ4v) is 3.29. The fraction of sp³-hybridized carbons (Fsp3) is 0.733. The minimum absolute atomic E-state index is 0.0267. The molecule has 1 aromatic heterocycles. The summed E-state index contributed by atoms with van der Waals surface area (Å²) in [4.78, 5) is 19.1. The van der Waals surface area contributed by atoms with Crippen molar-refractivity contribution >= 4 is 5.82 Å². The van der Waals surface area contributed by atoms with E-state index in [0.717, 1.165) is 32.4 Å². The summed E-state index contributed by atoms with van der Waals surface area (Å²) in [6, 6.07) is 0.364. The van der Waals surface area contributed by atoms with Gasteiger partial charge in [0.15, 0.2) is 5.82 Å².